The molecule has 0 atom stereocenters. The summed E-state index contributed by atoms with van der Waals surface area (Å²) in [6, 6.07) is 3.40. The lowest BCUT2D eigenvalue weighted by atomic mass is 10.0. The minimum atomic E-state index is -0.262. The van der Waals surface area contributed by atoms with Crippen LogP contribution in [-0.2, 0) is 13.5 Å². The van der Waals surface area contributed by atoms with E-state index in [2.05, 4.69) is 42.6 Å². The maximum Gasteiger partial charge on any atom is 0.154 e. The van der Waals surface area contributed by atoms with E-state index in [4.69, 9.17) is 4.98 Å². The summed E-state index contributed by atoms with van der Waals surface area (Å²) in [5, 5.41) is 9.23. The third kappa shape index (κ3) is 2.91. The van der Waals surface area contributed by atoms with Crippen LogP contribution in [0.2, 0.25) is 0 Å². The van der Waals surface area contributed by atoms with Crippen LogP contribution >= 0.6 is 0 Å². The molecule has 7 rings (SSSR count). The number of anilines is 3. The van der Waals surface area contributed by atoms with Gasteiger partial charge in [0.25, 0.3) is 0 Å². The molecule has 0 bridgehead atoms. The van der Waals surface area contributed by atoms with E-state index in [-0.39, 0.29) is 5.82 Å². The molecule has 0 saturated carbocycles. The van der Waals surface area contributed by atoms with Gasteiger partial charge in [-0.1, -0.05) is 6.58 Å². The number of aromatic amines is 1. The number of halogens is 1. The van der Waals surface area contributed by atoms with Crippen molar-refractivity contribution in [2.45, 2.75) is 13.3 Å². The molecule has 0 spiro atoms. The lowest BCUT2D eigenvalue weighted by molar-refractivity contribution is 0.621. The van der Waals surface area contributed by atoms with Gasteiger partial charge in [-0.25, -0.2) is 18.9 Å². The normalized spacial score (nSPS) is 13.2. The van der Waals surface area contributed by atoms with E-state index in [0.717, 1.165) is 63.1 Å². The number of hydrogen-bond donors (Lipinski definition) is 2. The highest BCUT2D eigenvalue weighted by atomic mass is 19.1. The van der Waals surface area contributed by atoms with E-state index in [0.29, 0.717) is 16.9 Å². The van der Waals surface area contributed by atoms with Crippen molar-refractivity contribution in [2.24, 2.45) is 7.05 Å². The van der Waals surface area contributed by atoms with Crippen molar-refractivity contribution >= 4 is 50.7 Å². The standard InChI is InChI=1S/C28H25FN8/c1-5-21-26-16(13-35(21)4)7-9-36(26)27-18(17-11-31-22-6-8-33-37(22)14-17)12-32-28-24(27)23-15(2)19(29)10-20(30-3)25(23)34-28/h5-6,8,10-14,30H,1,7,9H2,2-4H3,(H,32,34). The van der Waals surface area contributed by atoms with Gasteiger partial charge in [-0.2, -0.15) is 5.10 Å². The van der Waals surface area contributed by atoms with Gasteiger partial charge in [0, 0.05) is 68.0 Å². The molecule has 5 aromatic heterocycles. The lowest BCUT2D eigenvalue weighted by Gasteiger charge is -2.25. The summed E-state index contributed by atoms with van der Waals surface area (Å²) >= 11 is 0. The van der Waals surface area contributed by atoms with Crippen LogP contribution in [0, 0.1) is 12.7 Å². The Hall–Kier alpha value is -4.66. The first kappa shape index (κ1) is 21.6. The van der Waals surface area contributed by atoms with Gasteiger partial charge in [0.15, 0.2) is 5.65 Å². The molecule has 8 nitrogen and oxygen atoms in total. The monoisotopic (exact) mass is 492 g/mol. The van der Waals surface area contributed by atoms with Crippen LogP contribution in [0.3, 0.4) is 0 Å². The molecule has 0 aliphatic carbocycles. The number of aryl methyl sites for hydroxylation is 2. The van der Waals surface area contributed by atoms with Crippen LogP contribution in [-0.4, -0.2) is 42.7 Å². The van der Waals surface area contributed by atoms with Crippen molar-refractivity contribution in [3.05, 3.63) is 72.3 Å². The summed E-state index contributed by atoms with van der Waals surface area (Å²) < 4.78 is 19.1. The second-order valence-corrected chi connectivity index (χ2v) is 9.48. The molecule has 6 aromatic rings. The van der Waals surface area contributed by atoms with E-state index >= 15 is 4.39 Å². The number of fused-ring (bicyclic) bond motifs is 5. The first-order valence-corrected chi connectivity index (χ1v) is 12.2. The molecule has 0 amide bonds. The number of hydrogen-bond acceptors (Lipinski definition) is 5. The van der Waals surface area contributed by atoms with E-state index < -0.39 is 0 Å². The molecular formula is C28H25FN8. The smallest absolute Gasteiger partial charge is 0.154 e. The van der Waals surface area contributed by atoms with Gasteiger partial charge in [-0.3, -0.25) is 0 Å². The fourth-order valence-electron chi connectivity index (χ4n) is 5.78. The summed E-state index contributed by atoms with van der Waals surface area (Å²) in [7, 11) is 3.84. The Balaban J connectivity index is 1.64. The minimum absolute atomic E-state index is 0.262. The van der Waals surface area contributed by atoms with E-state index in [1.807, 2.05) is 44.7 Å². The summed E-state index contributed by atoms with van der Waals surface area (Å²) in [5.41, 5.74) is 9.75. The number of benzene rings is 1. The number of nitrogens with zero attached hydrogens (tertiary/aromatic N) is 6. The predicted octanol–water partition coefficient (Wildman–Crippen LogP) is 5.59. The van der Waals surface area contributed by atoms with Gasteiger partial charge >= 0.3 is 0 Å². The summed E-state index contributed by atoms with van der Waals surface area (Å²) in [5.74, 6) is -0.262. The molecule has 0 saturated heterocycles. The lowest BCUT2D eigenvalue weighted by Crippen LogP contribution is -2.17. The highest BCUT2D eigenvalue weighted by molar-refractivity contribution is 6.19. The molecule has 1 aliphatic rings. The Kier molecular flexibility index (Phi) is 4.48. The number of rotatable bonds is 4. The third-order valence-corrected chi connectivity index (χ3v) is 7.51. The summed E-state index contributed by atoms with van der Waals surface area (Å²) in [4.78, 5) is 15.2. The first-order valence-electron chi connectivity index (χ1n) is 12.2. The van der Waals surface area contributed by atoms with Crippen molar-refractivity contribution in [3.8, 4) is 11.1 Å². The minimum Gasteiger partial charge on any atom is -0.386 e. The topological polar surface area (TPSA) is 79.1 Å². The first-order chi connectivity index (χ1) is 18.0. The van der Waals surface area contributed by atoms with Gasteiger partial charge in [-0.15, -0.1) is 0 Å². The van der Waals surface area contributed by atoms with E-state index in [1.165, 1.54) is 11.6 Å². The molecule has 2 N–H and O–H groups in total. The second-order valence-electron chi connectivity index (χ2n) is 9.48. The van der Waals surface area contributed by atoms with Crippen LogP contribution in [0.15, 0.2) is 49.7 Å². The molecule has 9 heteroatoms. The Labute approximate surface area is 212 Å². The number of aromatic nitrogens is 6. The zero-order valence-electron chi connectivity index (χ0n) is 20.8. The van der Waals surface area contributed by atoms with E-state index in [9.17, 15) is 0 Å². The number of pyridine rings is 1. The van der Waals surface area contributed by atoms with Gasteiger partial charge < -0.3 is 19.8 Å². The van der Waals surface area contributed by atoms with Gasteiger partial charge in [0.05, 0.1) is 39.9 Å². The predicted molar refractivity (Wildman–Crippen MR) is 146 cm³/mol. The molecule has 1 aliphatic heterocycles. The zero-order chi connectivity index (χ0) is 25.4. The van der Waals surface area contributed by atoms with Crippen LogP contribution in [0.4, 0.5) is 21.5 Å². The van der Waals surface area contributed by atoms with Crippen molar-refractivity contribution < 1.29 is 4.39 Å². The van der Waals surface area contributed by atoms with Gasteiger partial charge in [0.2, 0.25) is 0 Å². The summed E-state index contributed by atoms with van der Waals surface area (Å²) in [6.07, 6.45) is 12.4. The van der Waals surface area contributed by atoms with Crippen molar-refractivity contribution in [2.75, 3.05) is 23.8 Å². The maximum atomic E-state index is 15.2. The highest BCUT2D eigenvalue weighted by Crippen LogP contribution is 2.48. The quantitative estimate of drug-likeness (QED) is 0.335. The molecule has 37 heavy (non-hydrogen) atoms. The Morgan fingerprint density at radius 1 is 1.16 bits per heavy atom. The molecule has 0 fully saturated rings. The Bertz CT molecular complexity index is 1890. The number of H-pyrrole nitrogens is 1. The molecule has 0 unspecified atom stereocenters. The van der Waals surface area contributed by atoms with Crippen molar-refractivity contribution in [1.82, 2.24) is 29.1 Å². The van der Waals surface area contributed by atoms with Crippen LogP contribution in [0.25, 0.3) is 44.8 Å². The maximum absolute atomic E-state index is 15.2. The van der Waals surface area contributed by atoms with Gasteiger partial charge in [0.1, 0.15) is 11.5 Å². The summed E-state index contributed by atoms with van der Waals surface area (Å²) in [6.45, 7) is 6.70. The van der Waals surface area contributed by atoms with Crippen LogP contribution in [0.5, 0.6) is 0 Å². The molecule has 1 aromatic carbocycles. The largest absolute Gasteiger partial charge is 0.386 e. The molecular weight excluding hydrogens is 467 g/mol. The Morgan fingerprint density at radius 2 is 2.03 bits per heavy atom. The number of nitrogens with one attached hydrogen (secondary N) is 2. The van der Waals surface area contributed by atoms with Crippen molar-refractivity contribution in [3.63, 3.8) is 0 Å². The second kappa shape index (κ2) is 7.67. The molecule has 0 radical (unpaired) electrons. The van der Waals surface area contributed by atoms with E-state index in [1.54, 1.807) is 17.8 Å². The average Bonchev–Trinajstić information content (AvgIpc) is 3.67. The third-order valence-electron chi connectivity index (χ3n) is 7.51. The van der Waals surface area contributed by atoms with Crippen LogP contribution < -0.4 is 10.2 Å². The molecule has 184 valence electrons. The fourth-order valence-corrected chi connectivity index (χ4v) is 5.78. The fraction of sp³-hybridized carbons (Fsp3) is 0.179. The highest BCUT2D eigenvalue weighted by Gasteiger charge is 2.31. The zero-order valence-corrected chi connectivity index (χ0v) is 20.8. The molecule has 6 heterocycles. The van der Waals surface area contributed by atoms with Crippen LogP contribution in [0.1, 0.15) is 16.8 Å². The van der Waals surface area contributed by atoms with Gasteiger partial charge in [-0.05, 0) is 36.6 Å². The SMILES string of the molecule is C=Cc1c2c(cn1C)CCN2c1c(-c2cnc3ccnn3c2)cnc2[nH]c3c(NC)cc(F)c(C)c3c12. The average molecular weight is 493 g/mol. The van der Waals surface area contributed by atoms with Crippen molar-refractivity contribution in [1.29, 1.82) is 0 Å². The Morgan fingerprint density at radius 3 is 2.84 bits per heavy atom.